The van der Waals surface area contributed by atoms with Crippen molar-refractivity contribution in [1.82, 2.24) is 20.2 Å². The van der Waals surface area contributed by atoms with Gasteiger partial charge in [0.15, 0.2) is 0 Å². The van der Waals surface area contributed by atoms with E-state index in [0.29, 0.717) is 18.8 Å². The van der Waals surface area contributed by atoms with Crippen molar-refractivity contribution in [3.05, 3.63) is 24.0 Å². The topological polar surface area (TPSA) is 87.0 Å². The van der Waals surface area contributed by atoms with E-state index in [-0.39, 0.29) is 11.9 Å². The minimum Gasteiger partial charge on any atom is -0.399 e. The van der Waals surface area contributed by atoms with Gasteiger partial charge in [-0.25, -0.2) is 4.98 Å². The number of hydrogen-bond donors (Lipinski definition) is 3. The van der Waals surface area contributed by atoms with Gasteiger partial charge < -0.3 is 16.0 Å². The lowest BCUT2D eigenvalue weighted by Crippen LogP contribution is -2.39. The van der Waals surface area contributed by atoms with Crippen molar-refractivity contribution in [3.63, 3.8) is 0 Å². The maximum atomic E-state index is 11.8. The van der Waals surface area contributed by atoms with Crippen molar-refractivity contribution in [2.24, 2.45) is 0 Å². The molecule has 0 aliphatic heterocycles. The quantitative estimate of drug-likeness (QED) is 0.703. The van der Waals surface area contributed by atoms with Crippen LogP contribution in [0.1, 0.15) is 26.6 Å². The van der Waals surface area contributed by atoms with Gasteiger partial charge in [-0.1, -0.05) is 6.92 Å². The molecule has 0 aliphatic rings. The highest BCUT2D eigenvalue weighted by molar-refractivity contribution is 5.79. The molecule has 0 spiro atoms. The van der Waals surface area contributed by atoms with Crippen LogP contribution in [0.25, 0.3) is 11.0 Å². The van der Waals surface area contributed by atoms with E-state index < -0.39 is 0 Å². The number of nitrogens with one attached hydrogen (secondary N) is 2. The fourth-order valence-electron chi connectivity index (χ4n) is 2.22. The second-order valence-electron chi connectivity index (χ2n) is 5.49. The zero-order valence-corrected chi connectivity index (χ0v) is 12.8. The summed E-state index contributed by atoms with van der Waals surface area (Å²) in [5.41, 5.74) is 8.29. The Labute approximate surface area is 124 Å². The van der Waals surface area contributed by atoms with Crippen LogP contribution in [0.3, 0.4) is 0 Å². The summed E-state index contributed by atoms with van der Waals surface area (Å²) in [6.45, 7) is 7.70. The molecule has 0 radical (unpaired) electrons. The first kappa shape index (κ1) is 15.3. The lowest BCUT2D eigenvalue weighted by molar-refractivity contribution is -0.122. The van der Waals surface area contributed by atoms with Gasteiger partial charge in [-0.15, -0.1) is 0 Å². The molecule has 114 valence electrons. The predicted octanol–water partition coefficient (Wildman–Crippen LogP) is 1.49. The summed E-state index contributed by atoms with van der Waals surface area (Å²) in [7, 11) is 0. The number of likely N-dealkylation sites (N-methyl/N-ethyl adjacent to an activating group) is 1. The fourth-order valence-corrected chi connectivity index (χ4v) is 2.22. The number of nitrogens with two attached hydrogens (primary N) is 1. The second-order valence-corrected chi connectivity index (χ2v) is 5.49. The van der Waals surface area contributed by atoms with Crippen molar-refractivity contribution >= 4 is 22.6 Å². The van der Waals surface area contributed by atoms with Crippen LogP contribution in [0, 0.1) is 0 Å². The van der Waals surface area contributed by atoms with Crippen LogP contribution in [0.4, 0.5) is 5.69 Å². The van der Waals surface area contributed by atoms with E-state index in [1.54, 1.807) is 0 Å². The largest absolute Gasteiger partial charge is 0.399 e. The number of nitrogens with zero attached hydrogens (tertiary/aromatic N) is 2. The summed E-state index contributed by atoms with van der Waals surface area (Å²) in [5, 5.41) is 2.90. The summed E-state index contributed by atoms with van der Waals surface area (Å²) in [6, 6.07) is 5.76. The molecular weight excluding hydrogens is 266 g/mol. The zero-order chi connectivity index (χ0) is 15.4. The normalized spacial score (nSPS) is 11.5. The SMILES string of the molecule is CCN(CC(=O)NC(C)C)Cc1nc2ccc(N)cc2[nH]1. The maximum absolute atomic E-state index is 11.8. The Hall–Kier alpha value is -2.08. The Morgan fingerprint density at radius 3 is 2.90 bits per heavy atom. The highest BCUT2D eigenvalue weighted by Crippen LogP contribution is 2.15. The van der Waals surface area contributed by atoms with Crippen molar-refractivity contribution < 1.29 is 4.79 Å². The molecule has 2 aromatic rings. The molecule has 1 aromatic heterocycles. The fraction of sp³-hybridized carbons (Fsp3) is 0.467. The van der Waals surface area contributed by atoms with Crippen LogP contribution in [-0.2, 0) is 11.3 Å². The van der Waals surface area contributed by atoms with Crippen LogP contribution < -0.4 is 11.1 Å². The van der Waals surface area contributed by atoms with Gasteiger partial charge in [-0.05, 0) is 38.6 Å². The van der Waals surface area contributed by atoms with Crippen molar-refractivity contribution in [2.45, 2.75) is 33.4 Å². The third kappa shape index (κ3) is 4.19. The van der Waals surface area contributed by atoms with Crippen LogP contribution in [0.2, 0.25) is 0 Å². The van der Waals surface area contributed by atoms with E-state index in [1.165, 1.54) is 0 Å². The molecular formula is C15H23N5O. The van der Waals surface area contributed by atoms with E-state index in [4.69, 9.17) is 5.73 Å². The zero-order valence-electron chi connectivity index (χ0n) is 12.8. The number of aromatic nitrogens is 2. The van der Waals surface area contributed by atoms with E-state index in [1.807, 2.05) is 43.9 Å². The van der Waals surface area contributed by atoms with Gasteiger partial charge in [0.2, 0.25) is 5.91 Å². The van der Waals surface area contributed by atoms with Gasteiger partial charge in [0, 0.05) is 11.7 Å². The first-order chi connectivity index (χ1) is 9.97. The highest BCUT2D eigenvalue weighted by atomic mass is 16.2. The molecule has 1 aromatic carbocycles. The highest BCUT2D eigenvalue weighted by Gasteiger charge is 2.12. The first-order valence-corrected chi connectivity index (χ1v) is 7.23. The third-order valence-corrected chi connectivity index (χ3v) is 3.19. The standard InChI is InChI=1S/C15H23N5O/c1-4-20(9-15(21)17-10(2)3)8-14-18-12-6-5-11(16)7-13(12)19-14/h5-7,10H,4,8-9,16H2,1-3H3,(H,17,21)(H,18,19). The number of nitrogen functional groups attached to an aromatic ring is 1. The minimum atomic E-state index is 0.0344. The summed E-state index contributed by atoms with van der Waals surface area (Å²) < 4.78 is 0. The molecule has 1 amide bonds. The molecule has 1 heterocycles. The number of anilines is 1. The maximum Gasteiger partial charge on any atom is 0.234 e. The number of carbonyl (C=O) groups is 1. The van der Waals surface area contributed by atoms with Crippen molar-refractivity contribution in [2.75, 3.05) is 18.8 Å². The molecule has 0 bridgehead atoms. The summed E-state index contributed by atoms with van der Waals surface area (Å²) in [4.78, 5) is 21.6. The number of aromatic amines is 1. The number of amides is 1. The van der Waals surface area contributed by atoms with Gasteiger partial charge in [0.25, 0.3) is 0 Å². The number of rotatable bonds is 6. The molecule has 21 heavy (non-hydrogen) atoms. The Morgan fingerprint density at radius 1 is 1.48 bits per heavy atom. The molecule has 0 saturated carbocycles. The van der Waals surface area contributed by atoms with Crippen LogP contribution in [0.15, 0.2) is 18.2 Å². The molecule has 0 fully saturated rings. The number of fused-ring (bicyclic) bond motifs is 1. The Kier molecular flexibility index (Phi) is 4.80. The summed E-state index contributed by atoms with van der Waals surface area (Å²) in [6.07, 6.45) is 0. The van der Waals surface area contributed by atoms with Crippen LogP contribution >= 0.6 is 0 Å². The van der Waals surface area contributed by atoms with Gasteiger partial charge in [0.1, 0.15) is 5.82 Å². The van der Waals surface area contributed by atoms with Gasteiger partial charge in [0.05, 0.1) is 24.1 Å². The number of H-pyrrole nitrogens is 1. The van der Waals surface area contributed by atoms with Crippen LogP contribution in [-0.4, -0.2) is 39.9 Å². The smallest absolute Gasteiger partial charge is 0.234 e. The summed E-state index contributed by atoms with van der Waals surface area (Å²) >= 11 is 0. The third-order valence-electron chi connectivity index (χ3n) is 3.19. The molecule has 0 aliphatic carbocycles. The van der Waals surface area contributed by atoms with Crippen LogP contribution in [0.5, 0.6) is 0 Å². The Morgan fingerprint density at radius 2 is 2.24 bits per heavy atom. The van der Waals surface area contributed by atoms with E-state index in [2.05, 4.69) is 15.3 Å². The molecule has 2 rings (SSSR count). The first-order valence-electron chi connectivity index (χ1n) is 7.23. The molecule has 4 N–H and O–H groups in total. The molecule has 0 atom stereocenters. The van der Waals surface area contributed by atoms with E-state index in [0.717, 1.165) is 23.4 Å². The molecule has 0 saturated heterocycles. The lowest BCUT2D eigenvalue weighted by atomic mass is 10.3. The number of benzene rings is 1. The van der Waals surface area contributed by atoms with E-state index in [9.17, 15) is 4.79 Å². The van der Waals surface area contributed by atoms with Crippen molar-refractivity contribution in [3.8, 4) is 0 Å². The molecule has 6 heteroatoms. The van der Waals surface area contributed by atoms with Gasteiger partial charge in [-0.2, -0.15) is 0 Å². The number of carbonyl (C=O) groups excluding carboxylic acids is 1. The number of hydrogen-bond acceptors (Lipinski definition) is 4. The lowest BCUT2D eigenvalue weighted by Gasteiger charge is -2.19. The minimum absolute atomic E-state index is 0.0344. The van der Waals surface area contributed by atoms with E-state index >= 15 is 0 Å². The summed E-state index contributed by atoms with van der Waals surface area (Å²) in [5.74, 6) is 0.877. The van der Waals surface area contributed by atoms with Gasteiger partial charge in [-0.3, -0.25) is 9.69 Å². The average molecular weight is 289 g/mol. The Balaban J connectivity index is 2.04. The van der Waals surface area contributed by atoms with Crippen molar-refractivity contribution in [1.29, 1.82) is 0 Å². The Bertz CT molecular complexity index is 620. The second kappa shape index (κ2) is 6.58. The predicted molar refractivity (Wildman–Crippen MR) is 84.7 cm³/mol. The number of imidazole rings is 1. The molecule has 0 unspecified atom stereocenters. The average Bonchev–Trinajstić information content (AvgIpc) is 2.78. The van der Waals surface area contributed by atoms with Gasteiger partial charge >= 0.3 is 0 Å². The monoisotopic (exact) mass is 289 g/mol. The molecule has 6 nitrogen and oxygen atoms in total.